The Kier molecular flexibility index (Phi) is 4.28. The van der Waals surface area contributed by atoms with Gasteiger partial charge in [-0.15, -0.1) is 0 Å². The van der Waals surface area contributed by atoms with Gasteiger partial charge < -0.3 is 15.0 Å². The lowest BCUT2D eigenvalue weighted by Crippen LogP contribution is -2.40. The molecule has 2 heterocycles. The molecule has 0 bridgehead atoms. The zero-order valence-corrected chi connectivity index (χ0v) is 12.2. The standard InChI is InChI=1S/C15H20N4O2/c1-11-2-4-12(5-3-11)15-17-14(18-21-15)13(16)10-19-6-8-20-9-7-19/h2-5,13H,6-10,16H2,1H3. The summed E-state index contributed by atoms with van der Waals surface area (Å²) >= 11 is 0. The Balaban J connectivity index is 1.67. The lowest BCUT2D eigenvalue weighted by molar-refractivity contribution is 0.0348. The molecule has 1 aromatic carbocycles. The maximum absolute atomic E-state index is 6.17. The number of hydrogen-bond acceptors (Lipinski definition) is 6. The summed E-state index contributed by atoms with van der Waals surface area (Å²) in [7, 11) is 0. The molecule has 1 aliphatic heterocycles. The lowest BCUT2D eigenvalue weighted by atomic mass is 10.1. The van der Waals surface area contributed by atoms with Crippen molar-refractivity contribution in [3.8, 4) is 11.5 Å². The van der Waals surface area contributed by atoms with E-state index in [-0.39, 0.29) is 6.04 Å². The zero-order chi connectivity index (χ0) is 14.7. The zero-order valence-electron chi connectivity index (χ0n) is 12.2. The lowest BCUT2D eigenvalue weighted by Gasteiger charge is -2.27. The van der Waals surface area contributed by atoms with Gasteiger partial charge in [-0.25, -0.2) is 0 Å². The van der Waals surface area contributed by atoms with Crippen molar-refractivity contribution in [2.24, 2.45) is 5.73 Å². The van der Waals surface area contributed by atoms with Crippen LogP contribution in [-0.2, 0) is 4.74 Å². The van der Waals surface area contributed by atoms with Gasteiger partial charge in [-0.2, -0.15) is 4.98 Å². The highest BCUT2D eigenvalue weighted by molar-refractivity contribution is 5.53. The predicted molar refractivity (Wildman–Crippen MR) is 78.7 cm³/mol. The largest absolute Gasteiger partial charge is 0.379 e. The third-order valence-electron chi connectivity index (χ3n) is 3.63. The number of aromatic nitrogens is 2. The van der Waals surface area contributed by atoms with Crippen molar-refractivity contribution < 1.29 is 9.26 Å². The van der Waals surface area contributed by atoms with Gasteiger partial charge in [-0.1, -0.05) is 22.9 Å². The van der Waals surface area contributed by atoms with Crippen LogP contribution in [0.1, 0.15) is 17.4 Å². The summed E-state index contributed by atoms with van der Waals surface area (Å²) in [6.45, 7) is 6.07. The maximum atomic E-state index is 6.17. The predicted octanol–water partition coefficient (Wildman–Crippen LogP) is 1.38. The van der Waals surface area contributed by atoms with E-state index >= 15 is 0 Å². The minimum Gasteiger partial charge on any atom is -0.379 e. The fourth-order valence-electron chi connectivity index (χ4n) is 2.34. The molecular formula is C15H20N4O2. The summed E-state index contributed by atoms with van der Waals surface area (Å²) in [6.07, 6.45) is 0. The van der Waals surface area contributed by atoms with Crippen LogP contribution in [-0.4, -0.2) is 47.9 Å². The van der Waals surface area contributed by atoms with Gasteiger partial charge in [-0.3, -0.25) is 4.90 Å². The van der Waals surface area contributed by atoms with E-state index in [0.29, 0.717) is 11.7 Å². The molecule has 0 spiro atoms. The third kappa shape index (κ3) is 3.47. The minimum atomic E-state index is -0.244. The first-order valence-electron chi connectivity index (χ1n) is 7.19. The van der Waals surface area contributed by atoms with Gasteiger partial charge in [0, 0.05) is 25.2 Å². The van der Waals surface area contributed by atoms with Crippen molar-refractivity contribution >= 4 is 0 Å². The molecule has 1 saturated heterocycles. The number of hydrogen-bond donors (Lipinski definition) is 1. The Hall–Kier alpha value is -1.76. The van der Waals surface area contributed by atoms with E-state index in [4.69, 9.17) is 15.0 Å². The highest BCUT2D eigenvalue weighted by atomic mass is 16.5. The van der Waals surface area contributed by atoms with E-state index in [1.165, 1.54) is 5.56 Å². The molecule has 0 radical (unpaired) electrons. The second-order valence-electron chi connectivity index (χ2n) is 5.34. The molecule has 2 N–H and O–H groups in total. The average molecular weight is 288 g/mol. The molecule has 1 unspecified atom stereocenters. The Morgan fingerprint density at radius 1 is 1.24 bits per heavy atom. The quantitative estimate of drug-likeness (QED) is 0.915. The summed E-state index contributed by atoms with van der Waals surface area (Å²) < 4.78 is 10.6. The van der Waals surface area contributed by atoms with Crippen LogP contribution in [0.15, 0.2) is 28.8 Å². The van der Waals surface area contributed by atoms with Crippen LogP contribution in [0.2, 0.25) is 0 Å². The highest BCUT2D eigenvalue weighted by Crippen LogP contribution is 2.19. The summed E-state index contributed by atoms with van der Waals surface area (Å²) in [4.78, 5) is 6.67. The molecule has 1 aromatic heterocycles. The molecule has 3 rings (SSSR count). The normalized spacial score (nSPS) is 17.8. The van der Waals surface area contributed by atoms with Crippen molar-refractivity contribution in [2.45, 2.75) is 13.0 Å². The molecule has 2 aromatic rings. The highest BCUT2D eigenvalue weighted by Gasteiger charge is 2.19. The summed E-state index contributed by atoms with van der Waals surface area (Å²) in [5.74, 6) is 1.07. The van der Waals surface area contributed by atoms with Crippen LogP contribution in [0.5, 0.6) is 0 Å². The van der Waals surface area contributed by atoms with Crippen molar-refractivity contribution in [1.29, 1.82) is 0 Å². The van der Waals surface area contributed by atoms with Gasteiger partial charge in [-0.05, 0) is 19.1 Å². The van der Waals surface area contributed by atoms with Crippen LogP contribution in [0.4, 0.5) is 0 Å². The first-order chi connectivity index (χ1) is 10.2. The van der Waals surface area contributed by atoms with E-state index < -0.39 is 0 Å². The Bertz CT molecular complexity index is 576. The molecule has 6 heteroatoms. The molecule has 0 amide bonds. The number of ether oxygens (including phenoxy) is 1. The van der Waals surface area contributed by atoms with Gasteiger partial charge in [0.1, 0.15) is 0 Å². The van der Waals surface area contributed by atoms with Crippen LogP contribution in [0.25, 0.3) is 11.5 Å². The molecule has 21 heavy (non-hydrogen) atoms. The second kappa shape index (κ2) is 6.34. The van der Waals surface area contributed by atoms with Gasteiger partial charge in [0.15, 0.2) is 5.82 Å². The van der Waals surface area contributed by atoms with E-state index in [2.05, 4.69) is 15.0 Å². The second-order valence-corrected chi connectivity index (χ2v) is 5.34. The number of rotatable bonds is 4. The third-order valence-corrected chi connectivity index (χ3v) is 3.63. The number of nitrogens with two attached hydrogens (primary N) is 1. The Morgan fingerprint density at radius 2 is 1.95 bits per heavy atom. The smallest absolute Gasteiger partial charge is 0.257 e. The Morgan fingerprint density at radius 3 is 2.67 bits per heavy atom. The molecule has 1 aliphatic rings. The molecule has 0 aliphatic carbocycles. The summed E-state index contributed by atoms with van der Waals surface area (Å²) in [5, 5.41) is 4.01. The number of aryl methyl sites for hydroxylation is 1. The van der Waals surface area contributed by atoms with Crippen LogP contribution in [0, 0.1) is 6.92 Å². The molecule has 6 nitrogen and oxygen atoms in total. The first kappa shape index (κ1) is 14.2. The number of benzene rings is 1. The molecule has 1 fully saturated rings. The SMILES string of the molecule is Cc1ccc(-c2nc(C(N)CN3CCOCC3)no2)cc1. The van der Waals surface area contributed by atoms with E-state index in [1.54, 1.807) is 0 Å². The monoisotopic (exact) mass is 288 g/mol. The molecule has 112 valence electrons. The Labute approximate surface area is 123 Å². The first-order valence-corrected chi connectivity index (χ1v) is 7.19. The molecule has 0 saturated carbocycles. The van der Waals surface area contributed by atoms with Gasteiger partial charge >= 0.3 is 0 Å². The van der Waals surface area contributed by atoms with Crippen molar-refractivity contribution in [3.05, 3.63) is 35.7 Å². The topological polar surface area (TPSA) is 77.4 Å². The van der Waals surface area contributed by atoms with Crippen molar-refractivity contribution in [2.75, 3.05) is 32.8 Å². The fourth-order valence-corrected chi connectivity index (χ4v) is 2.34. The van der Waals surface area contributed by atoms with Crippen LogP contribution < -0.4 is 5.73 Å². The number of morpholine rings is 1. The van der Waals surface area contributed by atoms with Crippen LogP contribution >= 0.6 is 0 Å². The van der Waals surface area contributed by atoms with Gasteiger partial charge in [0.25, 0.3) is 5.89 Å². The molecule has 1 atom stereocenters. The minimum absolute atomic E-state index is 0.244. The number of nitrogens with zero attached hydrogens (tertiary/aromatic N) is 3. The summed E-state index contributed by atoms with van der Waals surface area (Å²) in [6, 6.07) is 7.74. The average Bonchev–Trinajstić information content (AvgIpc) is 2.99. The van der Waals surface area contributed by atoms with Gasteiger partial charge in [0.05, 0.1) is 19.3 Å². The fraction of sp³-hybridized carbons (Fsp3) is 0.467. The van der Waals surface area contributed by atoms with E-state index in [0.717, 1.165) is 38.4 Å². The van der Waals surface area contributed by atoms with Crippen LogP contribution in [0.3, 0.4) is 0 Å². The summed E-state index contributed by atoms with van der Waals surface area (Å²) in [5.41, 5.74) is 8.29. The van der Waals surface area contributed by atoms with Crippen molar-refractivity contribution in [1.82, 2.24) is 15.0 Å². The van der Waals surface area contributed by atoms with Crippen molar-refractivity contribution in [3.63, 3.8) is 0 Å². The van der Waals surface area contributed by atoms with E-state index in [9.17, 15) is 0 Å². The van der Waals surface area contributed by atoms with Gasteiger partial charge in [0.2, 0.25) is 0 Å². The maximum Gasteiger partial charge on any atom is 0.257 e. The van der Waals surface area contributed by atoms with E-state index in [1.807, 2.05) is 31.2 Å². The molecular weight excluding hydrogens is 268 g/mol.